The van der Waals surface area contributed by atoms with Gasteiger partial charge in [-0.15, -0.1) is 0 Å². The molecule has 4 heteroatoms. The van der Waals surface area contributed by atoms with E-state index in [1.165, 1.54) is 0 Å². The van der Waals surface area contributed by atoms with Crippen molar-refractivity contribution >= 4 is 5.82 Å². The van der Waals surface area contributed by atoms with E-state index in [4.69, 9.17) is 0 Å². The van der Waals surface area contributed by atoms with Crippen LogP contribution in [0.2, 0.25) is 0 Å². The van der Waals surface area contributed by atoms with Crippen LogP contribution < -0.4 is 10.2 Å². The molecule has 0 amide bonds. The summed E-state index contributed by atoms with van der Waals surface area (Å²) in [7, 11) is 0. The van der Waals surface area contributed by atoms with Gasteiger partial charge in [0.25, 0.3) is 0 Å². The largest absolute Gasteiger partial charge is 0.351 e. The molecular weight excluding hydrogens is 253 g/mol. The van der Waals surface area contributed by atoms with Gasteiger partial charge in [-0.3, -0.25) is 0 Å². The van der Waals surface area contributed by atoms with Gasteiger partial charge in [-0.05, 0) is 37.8 Å². The van der Waals surface area contributed by atoms with Crippen LogP contribution in [0.3, 0.4) is 0 Å². The number of anilines is 1. The highest BCUT2D eigenvalue weighted by molar-refractivity contribution is 5.45. The third kappa shape index (κ3) is 3.48. The molecule has 1 fully saturated rings. The molecule has 0 spiro atoms. The molecule has 1 aliphatic heterocycles. The molecule has 112 valence electrons. The number of nitrogens with one attached hydrogen (secondary N) is 1. The Morgan fingerprint density at radius 2 is 2.20 bits per heavy atom. The summed E-state index contributed by atoms with van der Waals surface area (Å²) in [6, 6.07) is 2.14. The van der Waals surface area contributed by atoms with Gasteiger partial charge in [0.2, 0.25) is 0 Å². The maximum atomic E-state index is 14.6. The summed E-state index contributed by atoms with van der Waals surface area (Å²) in [6.07, 6.45) is 2.83. The first-order chi connectivity index (χ1) is 9.49. The molecule has 0 radical (unpaired) electrons. The maximum absolute atomic E-state index is 14.6. The normalized spacial score (nSPS) is 22.8. The van der Waals surface area contributed by atoms with E-state index in [2.05, 4.69) is 42.9 Å². The summed E-state index contributed by atoms with van der Waals surface area (Å²) in [4.78, 5) is 6.38. The van der Waals surface area contributed by atoms with Crippen LogP contribution in [0, 0.1) is 17.7 Å². The van der Waals surface area contributed by atoms with Gasteiger partial charge in [0.05, 0.1) is 0 Å². The van der Waals surface area contributed by atoms with Crippen LogP contribution in [0.4, 0.5) is 10.2 Å². The predicted molar refractivity (Wildman–Crippen MR) is 81.3 cm³/mol. The molecule has 0 saturated carbocycles. The second kappa shape index (κ2) is 6.53. The first-order valence-corrected chi connectivity index (χ1v) is 7.59. The molecule has 2 atom stereocenters. The molecule has 2 rings (SSSR count). The number of hydrogen-bond donors (Lipinski definition) is 1. The Morgan fingerprint density at radius 1 is 1.45 bits per heavy atom. The number of halogens is 1. The highest BCUT2D eigenvalue weighted by Crippen LogP contribution is 2.29. The Labute approximate surface area is 121 Å². The van der Waals surface area contributed by atoms with E-state index in [0.717, 1.165) is 19.5 Å². The van der Waals surface area contributed by atoms with E-state index >= 15 is 0 Å². The van der Waals surface area contributed by atoms with Gasteiger partial charge in [0.1, 0.15) is 0 Å². The van der Waals surface area contributed by atoms with Gasteiger partial charge in [0, 0.05) is 30.9 Å². The summed E-state index contributed by atoms with van der Waals surface area (Å²) in [5.41, 5.74) is 0.711. The van der Waals surface area contributed by atoms with Crippen molar-refractivity contribution in [3.8, 4) is 0 Å². The standard InChI is InChI=1S/C16H26FN3/c1-11(2)8-18-9-14-5-6-19-16(15(14)17)20-10-12(3)7-13(20)4/h5-6,11-13,18H,7-10H2,1-4H3. The second-order valence-electron chi connectivity index (χ2n) is 6.47. The first-order valence-electron chi connectivity index (χ1n) is 7.59. The fourth-order valence-corrected chi connectivity index (χ4v) is 2.90. The van der Waals surface area contributed by atoms with Gasteiger partial charge >= 0.3 is 0 Å². The van der Waals surface area contributed by atoms with E-state index < -0.39 is 0 Å². The monoisotopic (exact) mass is 279 g/mol. The molecule has 0 bridgehead atoms. The van der Waals surface area contributed by atoms with Gasteiger partial charge in [-0.1, -0.05) is 20.8 Å². The molecule has 2 unspecified atom stereocenters. The van der Waals surface area contributed by atoms with Gasteiger partial charge < -0.3 is 10.2 Å². The van der Waals surface area contributed by atoms with Crippen LogP contribution in [-0.2, 0) is 6.54 Å². The van der Waals surface area contributed by atoms with Crippen molar-refractivity contribution in [1.29, 1.82) is 0 Å². The van der Waals surface area contributed by atoms with Gasteiger partial charge in [0.15, 0.2) is 11.6 Å². The molecule has 0 aliphatic carbocycles. The highest BCUT2D eigenvalue weighted by atomic mass is 19.1. The zero-order valence-electron chi connectivity index (χ0n) is 13.0. The van der Waals surface area contributed by atoms with Crippen molar-refractivity contribution in [3.05, 3.63) is 23.6 Å². The summed E-state index contributed by atoms with van der Waals surface area (Å²) in [5, 5.41) is 3.29. The number of pyridine rings is 1. The maximum Gasteiger partial charge on any atom is 0.170 e. The lowest BCUT2D eigenvalue weighted by atomic mass is 10.1. The Bertz CT molecular complexity index is 447. The predicted octanol–water partition coefficient (Wildman–Crippen LogP) is 3.20. The fraction of sp³-hybridized carbons (Fsp3) is 0.688. The topological polar surface area (TPSA) is 28.2 Å². The number of aromatic nitrogens is 1. The van der Waals surface area contributed by atoms with Crippen molar-refractivity contribution in [2.24, 2.45) is 11.8 Å². The van der Waals surface area contributed by atoms with Crippen molar-refractivity contribution in [2.45, 2.75) is 46.7 Å². The SMILES string of the molecule is CC(C)CNCc1ccnc(N2CC(C)CC2C)c1F. The molecule has 1 aromatic heterocycles. The smallest absolute Gasteiger partial charge is 0.170 e. The molecule has 2 heterocycles. The van der Waals surface area contributed by atoms with Gasteiger partial charge in [-0.25, -0.2) is 9.37 Å². The van der Waals surface area contributed by atoms with Crippen molar-refractivity contribution < 1.29 is 4.39 Å². The van der Waals surface area contributed by atoms with Crippen LogP contribution in [-0.4, -0.2) is 24.1 Å². The lowest BCUT2D eigenvalue weighted by Gasteiger charge is -2.24. The van der Waals surface area contributed by atoms with Gasteiger partial charge in [-0.2, -0.15) is 0 Å². The van der Waals surface area contributed by atoms with E-state index in [1.54, 1.807) is 12.3 Å². The van der Waals surface area contributed by atoms with Crippen molar-refractivity contribution in [2.75, 3.05) is 18.0 Å². The number of nitrogens with zero attached hydrogens (tertiary/aromatic N) is 2. The molecule has 3 nitrogen and oxygen atoms in total. The Balaban J connectivity index is 2.11. The minimum Gasteiger partial charge on any atom is -0.351 e. The van der Waals surface area contributed by atoms with Crippen LogP contribution in [0.25, 0.3) is 0 Å². The zero-order chi connectivity index (χ0) is 14.7. The van der Waals surface area contributed by atoms with Crippen LogP contribution >= 0.6 is 0 Å². The quantitative estimate of drug-likeness (QED) is 0.897. The second-order valence-corrected chi connectivity index (χ2v) is 6.47. The van der Waals surface area contributed by atoms with E-state index in [1.807, 2.05) is 0 Å². The van der Waals surface area contributed by atoms with E-state index in [-0.39, 0.29) is 5.82 Å². The summed E-state index contributed by atoms with van der Waals surface area (Å²) in [5.74, 6) is 1.53. The lowest BCUT2D eigenvalue weighted by molar-refractivity contribution is 0.531. The first kappa shape index (κ1) is 15.2. The molecule has 20 heavy (non-hydrogen) atoms. The molecule has 1 aliphatic rings. The number of rotatable bonds is 5. The lowest BCUT2D eigenvalue weighted by Crippen LogP contribution is -2.29. The van der Waals surface area contributed by atoms with Crippen molar-refractivity contribution in [1.82, 2.24) is 10.3 Å². The zero-order valence-corrected chi connectivity index (χ0v) is 13.0. The third-order valence-electron chi connectivity index (χ3n) is 3.87. The molecule has 1 saturated heterocycles. The summed E-state index contributed by atoms with van der Waals surface area (Å²) in [6.45, 7) is 11.0. The average Bonchev–Trinajstić information content (AvgIpc) is 2.70. The molecule has 1 N–H and O–H groups in total. The fourth-order valence-electron chi connectivity index (χ4n) is 2.90. The van der Waals surface area contributed by atoms with E-state index in [9.17, 15) is 4.39 Å². The Morgan fingerprint density at radius 3 is 2.80 bits per heavy atom. The molecular formula is C16H26FN3. The van der Waals surface area contributed by atoms with Crippen LogP contribution in [0.15, 0.2) is 12.3 Å². The molecule has 1 aromatic rings. The van der Waals surface area contributed by atoms with Crippen LogP contribution in [0.5, 0.6) is 0 Å². The number of hydrogen-bond acceptors (Lipinski definition) is 3. The average molecular weight is 279 g/mol. The summed E-state index contributed by atoms with van der Waals surface area (Å²) >= 11 is 0. The van der Waals surface area contributed by atoms with Crippen LogP contribution in [0.1, 0.15) is 39.7 Å². The highest BCUT2D eigenvalue weighted by Gasteiger charge is 2.29. The Kier molecular flexibility index (Phi) is 4.97. The molecule has 0 aromatic carbocycles. The van der Waals surface area contributed by atoms with Crippen molar-refractivity contribution in [3.63, 3.8) is 0 Å². The summed E-state index contributed by atoms with van der Waals surface area (Å²) < 4.78 is 14.6. The minimum absolute atomic E-state index is 0.162. The minimum atomic E-state index is -0.162. The third-order valence-corrected chi connectivity index (χ3v) is 3.87. The Hall–Kier alpha value is -1.16. The van der Waals surface area contributed by atoms with E-state index in [0.29, 0.717) is 35.8 Å².